The molecule has 8 nitrogen and oxygen atoms in total. The fourth-order valence-corrected chi connectivity index (χ4v) is 5.55. The van der Waals surface area contributed by atoms with E-state index in [1.54, 1.807) is 24.3 Å². The van der Waals surface area contributed by atoms with Crippen molar-refractivity contribution in [1.82, 2.24) is 5.43 Å². The highest BCUT2D eigenvalue weighted by molar-refractivity contribution is 8.00. The zero-order chi connectivity index (χ0) is 25.5. The number of carbonyl (C=O) groups is 1. The molecule has 1 aliphatic rings. The molecule has 0 aromatic heterocycles. The van der Waals surface area contributed by atoms with Crippen LogP contribution in [0.2, 0.25) is 5.02 Å². The summed E-state index contributed by atoms with van der Waals surface area (Å²) in [4.78, 5) is 12.7. The van der Waals surface area contributed by atoms with Crippen molar-refractivity contribution < 1.29 is 22.7 Å². The zero-order valence-electron chi connectivity index (χ0n) is 19.3. The van der Waals surface area contributed by atoms with Gasteiger partial charge >= 0.3 is 0 Å². The molecule has 3 aromatic carbocycles. The Morgan fingerprint density at radius 2 is 1.86 bits per heavy atom. The second-order valence-electron chi connectivity index (χ2n) is 7.78. The minimum atomic E-state index is -4.07. The maximum atomic E-state index is 13.4. The van der Waals surface area contributed by atoms with E-state index in [0.29, 0.717) is 5.75 Å². The Morgan fingerprint density at radius 1 is 1.14 bits per heavy atom. The van der Waals surface area contributed by atoms with Gasteiger partial charge in [-0.2, -0.15) is 16.9 Å². The Balaban J connectivity index is 1.47. The third-order valence-corrected chi connectivity index (χ3v) is 8.53. The van der Waals surface area contributed by atoms with Crippen LogP contribution in [0.25, 0.3) is 0 Å². The number of anilines is 1. The van der Waals surface area contributed by atoms with Gasteiger partial charge in [0.1, 0.15) is 24.1 Å². The molecule has 0 atom stereocenters. The minimum Gasteiger partial charge on any atom is -0.495 e. The first-order chi connectivity index (χ1) is 17.4. The van der Waals surface area contributed by atoms with E-state index in [9.17, 15) is 13.2 Å². The quantitative estimate of drug-likeness (QED) is 0.303. The van der Waals surface area contributed by atoms with E-state index in [0.717, 1.165) is 27.1 Å². The van der Waals surface area contributed by atoms with Gasteiger partial charge in [-0.05, 0) is 60.2 Å². The third kappa shape index (κ3) is 6.31. The maximum absolute atomic E-state index is 13.4. The molecular weight excluding hydrogens is 522 g/mol. The van der Waals surface area contributed by atoms with Crippen LogP contribution in [0, 0.1) is 0 Å². The van der Waals surface area contributed by atoms with Crippen LogP contribution in [0.4, 0.5) is 5.69 Å². The van der Waals surface area contributed by atoms with Crippen molar-refractivity contribution in [2.24, 2.45) is 5.10 Å². The van der Waals surface area contributed by atoms with Gasteiger partial charge in [0, 0.05) is 11.5 Å². The smallest absolute Gasteiger partial charge is 0.264 e. The van der Waals surface area contributed by atoms with Crippen LogP contribution < -0.4 is 19.2 Å². The number of nitrogens with one attached hydrogen (secondary N) is 1. The number of hydrogen-bond acceptors (Lipinski definition) is 7. The molecule has 0 spiro atoms. The lowest BCUT2D eigenvalue weighted by Gasteiger charge is -2.25. The van der Waals surface area contributed by atoms with Gasteiger partial charge in [0.2, 0.25) is 0 Å². The molecule has 188 valence electrons. The first kappa shape index (κ1) is 25.9. The van der Waals surface area contributed by atoms with Crippen LogP contribution in [0.15, 0.2) is 82.8 Å². The molecule has 1 fully saturated rings. The number of hydrogen-bond donors (Lipinski definition) is 1. The fraction of sp³-hybridized carbons (Fsp3) is 0.200. The SMILES string of the molecule is COc1ccc(N(CC(=O)NN=Cc2ccc(OC3CSC3)cc2)S(=O)(=O)c2ccccc2)cc1Cl. The molecule has 1 aliphatic heterocycles. The molecule has 11 heteroatoms. The van der Waals surface area contributed by atoms with E-state index in [-0.39, 0.29) is 21.7 Å². The summed E-state index contributed by atoms with van der Waals surface area (Å²) in [5, 5.41) is 4.18. The van der Waals surface area contributed by atoms with E-state index in [1.165, 1.54) is 37.6 Å². The Labute approximate surface area is 219 Å². The molecular formula is C25H24ClN3O5S2. The number of thioether (sulfide) groups is 1. The second-order valence-corrected chi connectivity index (χ2v) is 11.1. The minimum absolute atomic E-state index is 0.0380. The van der Waals surface area contributed by atoms with E-state index < -0.39 is 22.5 Å². The van der Waals surface area contributed by atoms with Crippen LogP contribution in [0.5, 0.6) is 11.5 Å². The molecule has 0 radical (unpaired) electrons. The van der Waals surface area contributed by atoms with Crippen LogP contribution in [0.1, 0.15) is 5.56 Å². The summed E-state index contributed by atoms with van der Waals surface area (Å²) >= 11 is 8.07. The first-order valence-electron chi connectivity index (χ1n) is 10.9. The highest BCUT2D eigenvalue weighted by atomic mass is 35.5. The predicted molar refractivity (Wildman–Crippen MR) is 143 cm³/mol. The number of carbonyl (C=O) groups excluding carboxylic acids is 1. The Morgan fingerprint density at radius 3 is 2.47 bits per heavy atom. The number of amides is 1. The standard InChI is InChI=1S/C25H24ClN3O5S2/c1-33-24-12-9-19(13-23(24)26)29(36(31,32)22-5-3-2-4-6-22)15-25(30)28-27-14-18-7-10-20(11-8-18)34-21-16-35-17-21/h2-14,21H,15-17H2,1H3,(H,28,30). The van der Waals surface area contributed by atoms with Crippen molar-refractivity contribution in [1.29, 1.82) is 0 Å². The predicted octanol–water partition coefficient (Wildman–Crippen LogP) is 4.19. The molecule has 0 bridgehead atoms. The van der Waals surface area contributed by atoms with E-state index >= 15 is 0 Å². The third-order valence-electron chi connectivity index (χ3n) is 5.23. The maximum Gasteiger partial charge on any atom is 0.264 e. The van der Waals surface area contributed by atoms with E-state index in [4.69, 9.17) is 21.1 Å². The average molecular weight is 546 g/mol. The monoisotopic (exact) mass is 545 g/mol. The van der Waals surface area contributed by atoms with Gasteiger partial charge in [0.25, 0.3) is 15.9 Å². The van der Waals surface area contributed by atoms with Gasteiger partial charge in [-0.15, -0.1) is 0 Å². The normalized spacial score (nSPS) is 13.7. The topological polar surface area (TPSA) is 97.3 Å². The van der Waals surface area contributed by atoms with Crippen molar-refractivity contribution in [3.05, 3.63) is 83.4 Å². The van der Waals surface area contributed by atoms with Gasteiger partial charge < -0.3 is 9.47 Å². The molecule has 36 heavy (non-hydrogen) atoms. The van der Waals surface area contributed by atoms with Gasteiger partial charge in [-0.25, -0.2) is 13.8 Å². The summed E-state index contributed by atoms with van der Waals surface area (Å²) in [5.41, 5.74) is 3.35. The van der Waals surface area contributed by atoms with Crippen LogP contribution in [0.3, 0.4) is 0 Å². The molecule has 3 aromatic rings. The van der Waals surface area contributed by atoms with Crippen molar-refractivity contribution in [3.8, 4) is 11.5 Å². The first-order valence-corrected chi connectivity index (χ1v) is 13.9. The van der Waals surface area contributed by atoms with Gasteiger partial charge in [-0.1, -0.05) is 29.8 Å². The Bertz CT molecular complexity index is 1330. The van der Waals surface area contributed by atoms with Crippen LogP contribution >= 0.6 is 23.4 Å². The summed E-state index contributed by atoms with van der Waals surface area (Å²) in [6, 6.07) is 19.7. The molecule has 4 rings (SSSR count). The Kier molecular flexibility index (Phi) is 8.40. The molecule has 0 unspecified atom stereocenters. The zero-order valence-corrected chi connectivity index (χ0v) is 21.7. The lowest BCUT2D eigenvalue weighted by Crippen LogP contribution is -2.39. The van der Waals surface area contributed by atoms with Gasteiger partial charge in [0.15, 0.2) is 0 Å². The number of sulfonamides is 1. The van der Waals surface area contributed by atoms with Crippen LogP contribution in [-0.2, 0) is 14.8 Å². The van der Waals surface area contributed by atoms with Gasteiger partial charge in [0.05, 0.1) is 28.9 Å². The summed E-state index contributed by atoms with van der Waals surface area (Å²) in [6.07, 6.45) is 1.73. The Hall–Kier alpha value is -3.21. The number of benzene rings is 3. The lowest BCUT2D eigenvalue weighted by atomic mass is 10.2. The molecule has 1 amide bonds. The highest BCUT2D eigenvalue weighted by Gasteiger charge is 2.27. The summed E-state index contributed by atoms with van der Waals surface area (Å²) < 4.78 is 38.7. The summed E-state index contributed by atoms with van der Waals surface area (Å²) in [6.45, 7) is -0.511. The summed E-state index contributed by atoms with van der Waals surface area (Å²) in [5.74, 6) is 2.53. The van der Waals surface area contributed by atoms with Crippen molar-refractivity contribution in [2.75, 3.05) is 29.5 Å². The summed E-state index contributed by atoms with van der Waals surface area (Å²) in [7, 11) is -2.61. The van der Waals surface area contributed by atoms with Crippen molar-refractivity contribution in [2.45, 2.75) is 11.0 Å². The van der Waals surface area contributed by atoms with E-state index in [2.05, 4.69) is 10.5 Å². The number of rotatable bonds is 10. The van der Waals surface area contributed by atoms with Gasteiger partial charge in [-0.3, -0.25) is 9.10 Å². The molecule has 0 saturated carbocycles. The highest BCUT2D eigenvalue weighted by Crippen LogP contribution is 2.32. The average Bonchev–Trinajstić information content (AvgIpc) is 2.86. The van der Waals surface area contributed by atoms with Crippen LogP contribution in [-0.4, -0.2) is 51.8 Å². The largest absolute Gasteiger partial charge is 0.495 e. The van der Waals surface area contributed by atoms with Crippen molar-refractivity contribution >= 4 is 51.2 Å². The second kappa shape index (κ2) is 11.7. The number of hydrazone groups is 1. The molecule has 1 saturated heterocycles. The number of nitrogens with zero attached hydrogens (tertiary/aromatic N) is 2. The fourth-order valence-electron chi connectivity index (χ4n) is 3.30. The molecule has 0 aliphatic carbocycles. The number of halogens is 1. The molecule has 1 heterocycles. The van der Waals surface area contributed by atoms with Crippen molar-refractivity contribution in [3.63, 3.8) is 0 Å². The number of ether oxygens (including phenoxy) is 2. The van der Waals surface area contributed by atoms with E-state index in [1.807, 2.05) is 36.0 Å². The molecule has 1 N–H and O–H groups in total. The lowest BCUT2D eigenvalue weighted by molar-refractivity contribution is -0.119. The number of methoxy groups -OCH3 is 1.